The Bertz CT molecular complexity index is 1000. The monoisotopic (exact) mass is 446 g/mol. The number of rotatable bonds is 7. The third-order valence-corrected chi connectivity index (χ3v) is 6.22. The fraction of sp³-hybridized carbons (Fsp3) is 0.240. The maximum absolute atomic E-state index is 12.8. The first kappa shape index (κ1) is 22.0. The van der Waals surface area contributed by atoms with Crippen molar-refractivity contribution < 1.29 is 9.59 Å². The van der Waals surface area contributed by atoms with E-state index >= 15 is 0 Å². The lowest BCUT2D eigenvalue weighted by Crippen LogP contribution is -2.37. The van der Waals surface area contributed by atoms with Crippen molar-refractivity contribution in [3.05, 3.63) is 95.8 Å². The van der Waals surface area contributed by atoms with Gasteiger partial charge in [-0.15, -0.1) is 0 Å². The number of hydrogen-bond acceptors (Lipinski definition) is 5. The van der Waals surface area contributed by atoms with E-state index in [1.165, 1.54) is 0 Å². The Morgan fingerprint density at radius 2 is 1.75 bits per heavy atom. The summed E-state index contributed by atoms with van der Waals surface area (Å²) in [4.78, 5) is 31.7. The Kier molecular flexibility index (Phi) is 7.53. The van der Waals surface area contributed by atoms with Gasteiger partial charge >= 0.3 is 0 Å². The second-order valence-corrected chi connectivity index (χ2v) is 8.74. The molecule has 0 radical (unpaired) electrons. The zero-order valence-corrected chi connectivity index (χ0v) is 18.6. The summed E-state index contributed by atoms with van der Waals surface area (Å²) in [6.07, 6.45) is 1.75. The first-order valence-electron chi connectivity index (χ1n) is 10.7. The maximum atomic E-state index is 12.8. The largest absolute Gasteiger partial charge is 0.337 e. The highest BCUT2D eigenvalue weighted by atomic mass is 32.2. The van der Waals surface area contributed by atoms with Crippen LogP contribution in [-0.2, 0) is 4.79 Å². The first-order valence-corrected chi connectivity index (χ1v) is 11.8. The molecule has 0 aliphatic carbocycles. The number of carbonyl (C=O) groups excluding carboxylic acids is 2. The van der Waals surface area contributed by atoms with Crippen molar-refractivity contribution in [1.29, 1.82) is 0 Å². The maximum Gasteiger partial charge on any atom is 0.253 e. The molecule has 6 nitrogen and oxygen atoms in total. The molecule has 2 heterocycles. The van der Waals surface area contributed by atoms with Gasteiger partial charge in [0.1, 0.15) is 0 Å². The molecule has 1 fully saturated rings. The average molecular weight is 447 g/mol. The normalized spacial score (nSPS) is 14.6. The number of nitrogens with one attached hydrogen (secondary N) is 2. The number of anilines is 1. The average Bonchev–Trinajstić information content (AvgIpc) is 2.86. The lowest BCUT2D eigenvalue weighted by molar-refractivity contribution is -0.115. The SMILES string of the molecule is O=C(CNC(c1ccccc1)c1ccccn1)Nc1cccc(C(=O)N2CCSCC2)c1. The van der Waals surface area contributed by atoms with Gasteiger partial charge in [0.05, 0.1) is 18.3 Å². The number of carbonyl (C=O) groups is 2. The number of hydrogen-bond donors (Lipinski definition) is 2. The van der Waals surface area contributed by atoms with Crippen LogP contribution < -0.4 is 10.6 Å². The van der Waals surface area contributed by atoms with Crippen molar-refractivity contribution in [2.75, 3.05) is 36.5 Å². The molecule has 7 heteroatoms. The minimum absolute atomic E-state index is 0.0128. The minimum Gasteiger partial charge on any atom is -0.337 e. The van der Waals surface area contributed by atoms with E-state index in [0.717, 1.165) is 35.9 Å². The second-order valence-electron chi connectivity index (χ2n) is 7.51. The molecule has 1 unspecified atom stereocenters. The molecule has 164 valence electrons. The Balaban J connectivity index is 1.40. The van der Waals surface area contributed by atoms with E-state index in [0.29, 0.717) is 11.3 Å². The summed E-state index contributed by atoms with van der Waals surface area (Å²) in [6, 6.07) is 22.6. The van der Waals surface area contributed by atoms with Gasteiger partial charge in [-0.3, -0.25) is 19.9 Å². The highest BCUT2D eigenvalue weighted by Crippen LogP contribution is 2.20. The lowest BCUT2D eigenvalue weighted by Gasteiger charge is -2.26. The Morgan fingerprint density at radius 3 is 2.50 bits per heavy atom. The summed E-state index contributed by atoms with van der Waals surface area (Å²) in [7, 11) is 0. The number of amides is 2. The fourth-order valence-corrected chi connectivity index (χ4v) is 4.57. The summed E-state index contributed by atoms with van der Waals surface area (Å²) >= 11 is 1.86. The Hall–Kier alpha value is -3.16. The van der Waals surface area contributed by atoms with Gasteiger partial charge in [0.2, 0.25) is 5.91 Å². The fourth-order valence-electron chi connectivity index (χ4n) is 3.66. The zero-order chi connectivity index (χ0) is 22.2. The minimum atomic E-state index is -0.201. The van der Waals surface area contributed by atoms with Crippen LogP contribution in [0.25, 0.3) is 0 Å². The predicted molar refractivity (Wildman–Crippen MR) is 129 cm³/mol. The molecule has 0 bridgehead atoms. The summed E-state index contributed by atoms with van der Waals surface area (Å²) in [5, 5.41) is 6.21. The van der Waals surface area contributed by atoms with Crippen LogP contribution in [0.15, 0.2) is 79.0 Å². The summed E-state index contributed by atoms with van der Waals surface area (Å²) in [5.41, 5.74) is 3.09. The van der Waals surface area contributed by atoms with E-state index in [1.54, 1.807) is 30.5 Å². The third-order valence-electron chi connectivity index (χ3n) is 5.27. The van der Waals surface area contributed by atoms with Crippen LogP contribution >= 0.6 is 11.8 Å². The van der Waals surface area contributed by atoms with E-state index in [9.17, 15) is 9.59 Å². The van der Waals surface area contributed by atoms with E-state index < -0.39 is 0 Å². The molecular weight excluding hydrogens is 420 g/mol. The van der Waals surface area contributed by atoms with Gasteiger partial charge in [-0.1, -0.05) is 42.5 Å². The summed E-state index contributed by atoms with van der Waals surface area (Å²) in [6.45, 7) is 1.63. The van der Waals surface area contributed by atoms with E-state index in [4.69, 9.17) is 0 Å². The molecule has 1 aromatic heterocycles. The van der Waals surface area contributed by atoms with E-state index in [2.05, 4.69) is 15.6 Å². The second kappa shape index (κ2) is 10.9. The topological polar surface area (TPSA) is 74.3 Å². The quantitative estimate of drug-likeness (QED) is 0.580. The Labute approximate surface area is 192 Å². The van der Waals surface area contributed by atoms with Crippen LogP contribution in [0.4, 0.5) is 5.69 Å². The molecule has 1 aliphatic rings. The molecule has 3 aromatic rings. The predicted octanol–water partition coefficient (Wildman–Crippen LogP) is 3.59. The van der Waals surface area contributed by atoms with Gasteiger partial charge in [0.15, 0.2) is 0 Å². The molecule has 2 aromatic carbocycles. The molecule has 0 spiro atoms. The number of pyridine rings is 1. The van der Waals surface area contributed by atoms with Gasteiger partial charge in [0, 0.05) is 42.0 Å². The van der Waals surface area contributed by atoms with Crippen LogP contribution in [0.1, 0.15) is 27.7 Å². The lowest BCUT2D eigenvalue weighted by atomic mass is 10.0. The van der Waals surface area contributed by atoms with E-state index in [1.807, 2.05) is 65.2 Å². The molecule has 4 rings (SSSR count). The number of thioether (sulfide) groups is 1. The third kappa shape index (κ3) is 5.75. The molecule has 32 heavy (non-hydrogen) atoms. The molecule has 1 saturated heterocycles. The van der Waals surface area contributed by atoms with Crippen molar-refractivity contribution in [1.82, 2.24) is 15.2 Å². The van der Waals surface area contributed by atoms with Gasteiger partial charge in [-0.2, -0.15) is 11.8 Å². The van der Waals surface area contributed by atoms with Gasteiger partial charge in [0.25, 0.3) is 5.91 Å². The number of benzene rings is 2. The van der Waals surface area contributed by atoms with Gasteiger partial charge in [-0.05, 0) is 35.9 Å². The summed E-state index contributed by atoms with van der Waals surface area (Å²) < 4.78 is 0. The zero-order valence-electron chi connectivity index (χ0n) is 17.7. The standard InChI is InChI=1S/C25H26N4O2S/c30-23(18-27-24(19-7-2-1-3-8-19)22-11-4-5-12-26-22)28-21-10-6-9-20(17-21)25(31)29-13-15-32-16-14-29/h1-12,17,24,27H,13-16,18H2,(H,28,30). The van der Waals surface area contributed by atoms with Crippen LogP contribution in [0.2, 0.25) is 0 Å². The molecule has 1 aliphatic heterocycles. The van der Waals surface area contributed by atoms with Crippen molar-refractivity contribution in [2.24, 2.45) is 0 Å². The van der Waals surface area contributed by atoms with Gasteiger partial charge in [-0.25, -0.2) is 0 Å². The Morgan fingerprint density at radius 1 is 0.969 bits per heavy atom. The molecule has 0 saturated carbocycles. The van der Waals surface area contributed by atoms with Crippen molar-refractivity contribution >= 4 is 29.3 Å². The summed E-state index contributed by atoms with van der Waals surface area (Å²) in [5.74, 6) is 1.76. The van der Waals surface area contributed by atoms with Crippen molar-refractivity contribution in [3.63, 3.8) is 0 Å². The van der Waals surface area contributed by atoms with Crippen molar-refractivity contribution in [2.45, 2.75) is 6.04 Å². The van der Waals surface area contributed by atoms with Crippen LogP contribution in [0.5, 0.6) is 0 Å². The highest BCUT2D eigenvalue weighted by molar-refractivity contribution is 7.99. The molecular formula is C25H26N4O2S. The molecule has 2 N–H and O–H groups in total. The van der Waals surface area contributed by atoms with E-state index in [-0.39, 0.29) is 24.4 Å². The van der Waals surface area contributed by atoms with Crippen molar-refractivity contribution in [3.8, 4) is 0 Å². The first-order chi connectivity index (χ1) is 15.7. The molecule has 2 amide bonds. The number of nitrogens with zero attached hydrogens (tertiary/aromatic N) is 2. The molecule has 1 atom stereocenters. The van der Waals surface area contributed by atoms with Gasteiger partial charge < -0.3 is 10.2 Å². The van der Waals surface area contributed by atoms with Crippen LogP contribution in [0.3, 0.4) is 0 Å². The number of aromatic nitrogens is 1. The highest BCUT2D eigenvalue weighted by Gasteiger charge is 2.19. The smallest absolute Gasteiger partial charge is 0.253 e. The van der Waals surface area contributed by atoms with Crippen LogP contribution in [-0.4, -0.2) is 52.8 Å². The van der Waals surface area contributed by atoms with Crippen LogP contribution in [0, 0.1) is 0 Å².